The first-order valence-corrected chi connectivity index (χ1v) is 11.7. The molecule has 1 aromatic carbocycles. The van der Waals surface area contributed by atoms with Crippen LogP contribution in [0.1, 0.15) is 6.92 Å². The number of aromatic amines is 1. The first kappa shape index (κ1) is 20.8. The van der Waals surface area contributed by atoms with Crippen molar-refractivity contribution in [3.05, 3.63) is 53.3 Å². The van der Waals surface area contributed by atoms with Gasteiger partial charge >= 0.3 is 0 Å². The van der Waals surface area contributed by atoms with Crippen molar-refractivity contribution >= 4 is 42.9 Å². The molecule has 1 aliphatic heterocycles. The first-order chi connectivity index (χ1) is 14.4. The molecule has 0 saturated carbocycles. The number of carbonyl (C=O) groups excluding carboxylic acids is 1. The third-order valence-electron chi connectivity index (χ3n) is 5.06. The molecule has 1 atom stereocenters. The Bertz CT molecular complexity index is 1160. The molecule has 0 aliphatic carbocycles. The van der Waals surface area contributed by atoms with Gasteiger partial charge in [0.25, 0.3) is 5.91 Å². The average Bonchev–Trinajstić information content (AvgIpc) is 3.20. The second kappa shape index (κ2) is 8.37. The summed E-state index contributed by atoms with van der Waals surface area (Å²) in [6.45, 7) is 2.78. The number of carbonyl (C=O) groups is 1. The van der Waals surface area contributed by atoms with Crippen LogP contribution < -0.4 is 4.74 Å². The normalized spacial score (nSPS) is 16.5. The fourth-order valence-corrected chi connectivity index (χ4v) is 5.29. The van der Waals surface area contributed by atoms with Gasteiger partial charge in [-0.25, -0.2) is 13.4 Å². The van der Waals surface area contributed by atoms with Crippen LogP contribution in [-0.2, 0) is 14.8 Å². The number of fused-ring (bicyclic) bond motifs is 1. The minimum Gasteiger partial charge on any atom is -0.481 e. The molecule has 0 radical (unpaired) electrons. The lowest BCUT2D eigenvalue weighted by molar-refractivity contribution is -0.139. The number of hydrogen-bond donors (Lipinski definition) is 1. The summed E-state index contributed by atoms with van der Waals surface area (Å²) in [7, 11) is -3.68. The molecule has 0 bridgehead atoms. The van der Waals surface area contributed by atoms with Crippen molar-refractivity contribution in [1.29, 1.82) is 0 Å². The summed E-state index contributed by atoms with van der Waals surface area (Å²) in [6.07, 6.45) is 2.42. The van der Waals surface area contributed by atoms with Gasteiger partial charge in [-0.15, -0.1) is 0 Å². The van der Waals surface area contributed by atoms with E-state index < -0.39 is 16.1 Å². The maximum absolute atomic E-state index is 13.1. The summed E-state index contributed by atoms with van der Waals surface area (Å²) in [5.74, 6) is 0.444. The van der Waals surface area contributed by atoms with Crippen molar-refractivity contribution in [2.24, 2.45) is 0 Å². The highest BCUT2D eigenvalue weighted by atomic mass is 79.9. The highest BCUT2D eigenvalue weighted by Crippen LogP contribution is 2.25. The van der Waals surface area contributed by atoms with Crippen molar-refractivity contribution in [3.63, 3.8) is 0 Å². The number of pyridine rings is 1. The number of sulfonamides is 1. The van der Waals surface area contributed by atoms with E-state index >= 15 is 0 Å². The number of amides is 1. The standard InChI is InChI=1S/C20H21BrN4O4S/c1-14(29-16-6-4-15(21)5-7-16)20(26)24-9-11-25(12-10-24)30(27,28)18-13-23-19-17(18)3-2-8-22-19/h2-8,13-14H,9-12H2,1H3,(H,22,23). The second-order valence-electron chi connectivity index (χ2n) is 7.00. The number of piperazine rings is 1. The average molecular weight is 493 g/mol. The predicted octanol–water partition coefficient (Wildman–Crippen LogP) is 2.63. The number of ether oxygens (including phenoxy) is 1. The SMILES string of the molecule is CC(Oc1ccc(Br)cc1)C(=O)N1CCN(S(=O)(=O)c2c[nH]c3ncccc23)CC1. The Hall–Kier alpha value is -2.43. The molecule has 2 aromatic heterocycles. The van der Waals surface area contributed by atoms with Crippen LogP contribution in [0.4, 0.5) is 0 Å². The molecule has 3 heterocycles. The van der Waals surface area contributed by atoms with Crippen LogP contribution in [0.25, 0.3) is 11.0 Å². The fourth-order valence-electron chi connectivity index (χ4n) is 3.46. The summed E-state index contributed by atoms with van der Waals surface area (Å²) >= 11 is 3.36. The van der Waals surface area contributed by atoms with Crippen molar-refractivity contribution in [2.75, 3.05) is 26.2 Å². The van der Waals surface area contributed by atoms with Gasteiger partial charge in [0.2, 0.25) is 10.0 Å². The largest absolute Gasteiger partial charge is 0.481 e. The molecule has 158 valence electrons. The molecule has 8 nitrogen and oxygen atoms in total. The Morgan fingerprint density at radius 1 is 1.17 bits per heavy atom. The van der Waals surface area contributed by atoms with E-state index in [1.165, 1.54) is 10.5 Å². The molecule has 10 heteroatoms. The topological polar surface area (TPSA) is 95.6 Å². The third kappa shape index (κ3) is 4.07. The first-order valence-electron chi connectivity index (χ1n) is 9.49. The van der Waals surface area contributed by atoms with Gasteiger partial charge in [-0.3, -0.25) is 4.79 Å². The van der Waals surface area contributed by atoms with E-state index in [4.69, 9.17) is 4.74 Å². The monoisotopic (exact) mass is 492 g/mol. The summed E-state index contributed by atoms with van der Waals surface area (Å²) in [6, 6.07) is 10.7. The van der Waals surface area contributed by atoms with Crippen molar-refractivity contribution < 1.29 is 17.9 Å². The molecule has 1 aliphatic rings. The minimum absolute atomic E-state index is 0.161. The highest BCUT2D eigenvalue weighted by Gasteiger charge is 2.33. The van der Waals surface area contributed by atoms with Crippen molar-refractivity contribution in [2.45, 2.75) is 17.9 Å². The maximum atomic E-state index is 13.1. The van der Waals surface area contributed by atoms with E-state index in [-0.39, 0.29) is 23.9 Å². The number of H-pyrrole nitrogens is 1. The molecule has 1 unspecified atom stereocenters. The second-order valence-corrected chi connectivity index (χ2v) is 9.82. The number of rotatable bonds is 5. The summed E-state index contributed by atoms with van der Waals surface area (Å²) in [5.41, 5.74) is 0.531. The summed E-state index contributed by atoms with van der Waals surface area (Å²) in [5, 5.41) is 0.563. The third-order valence-corrected chi connectivity index (χ3v) is 7.52. The zero-order chi connectivity index (χ0) is 21.3. The van der Waals surface area contributed by atoms with Gasteiger partial charge in [0, 0.05) is 48.4 Å². The van der Waals surface area contributed by atoms with E-state index in [9.17, 15) is 13.2 Å². The van der Waals surface area contributed by atoms with Crippen LogP contribution in [-0.4, -0.2) is 65.8 Å². The van der Waals surface area contributed by atoms with E-state index in [1.54, 1.807) is 42.3 Å². The maximum Gasteiger partial charge on any atom is 0.263 e. The predicted molar refractivity (Wildman–Crippen MR) is 116 cm³/mol. The molecule has 1 N–H and O–H groups in total. The molecule has 0 spiro atoms. The van der Waals surface area contributed by atoms with Crippen LogP contribution in [0.15, 0.2) is 58.2 Å². The Morgan fingerprint density at radius 3 is 2.57 bits per heavy atom. The number of halogens is 1. The quantitative estimate of drug-likeness (QED) is 0.590. The zero-order valence-corrected chi connectivity index (χ0v) is 18.7. The number of nitrogens with one attached hydrogen (secondary N) is 1. The number of benzene rings is 1. The Balaban J connectivity index is 1.40. The highest BCUT2D eigenvalue weighted by molar-refractivity contribution is 9.10. The van der Waals surface area contributed by atoms with Crippen LogP contribution in [0.3, 0.4) is 0 Å². The van der Waals surface area contributed by atoms with Gasteiger partial charge in [-0.1, -0.05) is 15.9 Å². The van der Waals surface area contributed by atoms with Crippen LogP contribution in [0, 0.1) is 0 Å². The molecule has 30 heavy (non-hydrogen) atoms. The van der Waals surface area contributed by atoms with Gasteiger partial charge in [-0.05, 0) is 43.3 Å². The summed E-state index contributed by atoms with van der Waals surface area (Å²) in [4.78, 5) is 21.6. The van der Waals surface area contributed by atoms with Crippen molar-refractivity contribution in [1.82, 2.24) is 19.2 Å². The lowest BCUT2D eigenvalue weighted by atomic mass is 10.3. The molecule has 1 fully saturated rings. The van der Waals surface area contributed by atoms with Gasteiger partial charge in [0.05, 0.1) is 0 Å². The van der Waals surface area contributed by atoms with E-state index in [0.29, 0.717) is 29.9 Å². The molecule has 1 saturated heterocycles. The van der Waals surface area contributed by atoms with E-state index in [0.717, 1.165) is 4.47 Å². The van der Waals surface area contributed by atoms with Crippen LogP contribution >= 0.6 is 15.9 Å². The Morgan fingerprint density at radius 2 is 1.87 bits per heavy atom. The van der Waals surface area contributed by atoms with Gasteiger partial charge in [0.1, 0.15) is 16.3 Å². The smallest absolute Gasteiger partial charge is 0.263 e. The van der Waals surface area contributed by atoms with Crippen molar-refractivity contribution in [3.8, 4) is 5.75 Å². The zero-order valence-electron chi connectivity index (χ0n) is 16.3. The van der Waals surface area contributed by atoms with E-state index in [2.05, 4.69) is 25.9 Å². The van der Waals surface area contributed by atoms with Gasteiger partial charge in [-0.2, -0.15) is 4.31 Å². The molecule has 1 amide bonds. The number of nitrogens with zero attached hydrogens (tertiary/aromatic N) is 3. The Kier molecular flexibility index (Phi) is 5.81. The molecular formula is C20H21BrN4O4S. The number of aromatic nitrogens is 2. The number of hydrogen-bond acceptors (Lipinski definition) is 5. The lowest BCUT2D eigenvalue weighted by Gasteiger charge is -2.35. The molecule has 3 aromatic rings. The lowest BCUT2D eigenvalue weighted by Crippen LogP contribution is -2.53. The fraction of sp³-hybridized carbons (Fsp3) is 0.300. The van der Waals surface area contributed by atoms with Crippen LogP contribution in [0.2, 0.25) is 0 Å². The molecule has 4 rings (SSSR count). The minimum atomic E-state index is -3.68. The molecular weight excluding hydrogens is 472 g/mol. The van der Waals surface area contributed by atoms with Crippen LogP contribution in [0.5, 0.6) is 5.75 Å². The van der Waals surface area contributed by atoms with E-state index in [1.807, 2.05) is 12.1 Å². The Labute approximate surface area is 183 Å². The summed E-state index contributed by atoms with van der Waals surface area (Å²) < 4.78 is 34.2. The van der Waals surface area contributed by atoms with Gasteiger partial charge in [0.15, 0.2) is 6.10 Å². The van der Waals surface area contributed by atoms with Gasteiger partial charge < -0.3 is 14.6 Å².